The number of carboxylic acids is 1. The molecule has 0 aliphatic heterocycles. The molecule has 6 nitrogen and oxygen atoms in total. The number of nitrogens with one attached hydrogen (secondary N) is 2. The van der Waals surface area contributed by atoms with Gasteiger partial charge in [-0.25, -0.2) is 9.59 Å². The van der Waals surface area contributed by atoms with Crippen LogP contribution >= 0.6 is 23.2 Å². The summed E-state index contributed by atoms with van der Waals surface area (Å²) in [5.41, 5.74) is 1.04. The minimum atomic E-state index is -1.51. The summed E-state index contributed by atoms with van der Waals surface area (Å²) >= 11 is 12.0. The summed E-state index contributed by atoms with van der Waals surface area (Å²) in [6.07, 6.45) is -1.61. The van der Waals surface area contributed by atoms with E-state index in [2.05, 4.69) is 10.6 Å². The van der Waals surface area contributed by atoms with E-state index < -0.39 is 18.1 Å². The number of aliphatic hydroxyl groups excluding tert-OH is 1. The Morgan fingerprint density at radius 1 is 1.35 bits per heavy atom. The highest BCUT2D eigenvalue weighted by molar-refractivity contribution is 6.40. The molecule has 2 amide bonds. The van der Waals surface area contributed by atoms with Crippen molar-refractivity contribution in [3.8, 4) is 0 Å². The van der Waals surface area contributed by atoms with Crippen molar-refractivity contribution >= 4 is 40.9 Å². The molecular formula is C12H14Cl2N2O4. The third-order valence-electron chi connectivity index (χ3n) is 2.51. The standard InChI is InChI=1S/C12H14Cl2N2O4/c1-6-2-3-7(13)10(9(6)14)16-12(20)15-5-4-8(17)11(18)19/h2-3,8,17H,4-5H2,1H3,(H,18,19)(H2,15,16,20). The maximum absolute atomic E-state index is 11.6. The molecule has 1 aromatic carbocycles. The van der Waals surface area contributed by atoms with Gasteiger partial charge in [-0.3, -0.25) is 0 Å². The van der Waals surface area contributed by atoms with Crippen molar-refractivity contribution in [3.63, 3.8) is 0 Å². The van der Waals surface area contributed by atoms with Crippen molar-refractivity contribution < 1.29 is 19.8 Å². The molecule has 1 rings (SSSR count). The maximum Gasteiger partial charge on any atom is 0.332 e. The zero-order valence-electron chi connectivity index (χ0n) is 10.6. The van der Waals surface area contributed by atoms with E-state index in [-0.39, 0.29) is 18.7 Å². The molecule has 0 fully saturated rings. The summed E-state index contributed by atoms with van der Waals surface area (Å²) in [6.45, 7) is 1.77. The van der Waals surface area contributed by atoms with Crippen LogP contribution in [0.5, 0.6) is 0 Å². The molecule has 1 unspecified atom stereocenters. The number of rotatable bonds is 5. The highest BCUT2D eigenvalue weighted by atomic mass is 35.5. The lowest BCUT2D eigenvalue weighted by atomic mass is 10.2. The molecule has 110 valence electrons. The SMILES string of the molecule is Cc1ccc(Cl)c(NC(=O)NCCC(O)C(=O)O)c1Cl. The fraction of sp³-hybridized carbons (Fsp3) is 0.333. The number of carbonyl (C=O) groups excluding carboxylic acids is 1. The van der Waals surface area contributed by atoms with Crippen LogP contribution in [-0.4, -0.2) is 34.9 Å². The van der Waals surface area contributed by atoms with E-state index in [1.807, 2.05) is 0 Å². The van der Waals surface area contributed by atoms with Gasteiger partial charge in [-0.15, -0.1) is 0 Å². The molecule has 4 N–H and O–H groups in total. The van der Waals surface area contributed by atoms with Crippen LogP contribution in [0.2, 0.25) is 10.0 Å². The first-order valence-corrected chi connectivity index (χ1v) is 6.49. The average molecular weight is 321 g/mol. The summed E-state index contributed by atoms with van der Waals surface area (Å²) in [5, 5.41) is 23.0. The van der Waals surface area contributed by atoms with Gasteiger partial charge in [0.25, 0.3) is 0 Å². The molecule has 0 bridgehead atoms. The second-order valence-electron chi connectivity index (χ2n) is 4.08. The third-order valence-corrected chi connectivity index (χ3v) is 3.31. The van der Waals surface area contributed by atoms with E-state index in [1.165, 1.54) is 0 Å². The van der Waals surface area contributed by atoms with Crippen molar-refractivity contribution in [3.05, 3.63) is 27.7 Å². The van der Waals surface area contributed by atoms with Crippen molar-refractivity contribution in [1.82, 2.24) is 5.32 Å². The number of hydrogen-bond acceptors (Lipinski definition) is 3. The summed E-state index contributed by atoms with van der Waals surface area (Å²) in [5.74, 6) is -1.34. The number of halogens is 2. The first kappa shape index (κ1) is 16.6. The van der Waals surface area contributed by atoms with Crippen LogP contribution in [0.15, 0.2) is 12.1 Å². The normalized spacial score (nSPS) is 11.8. The number of urea groups is 1. The minimum Gasteiger partial charge on any atom is -0.479 e. The Balaban J connectivity index is 2.55. The van der Waals surface area contributed by atoms with E-state index in [4.69, 9.17) is 33.4 Å². The second kappa shape index (κ2) is 7.33. The number of anilines is 1. The number of hydrogen-bond donors (Lipinski definition) is 4. The van der Waals surface area contributed by atoms with Crippen molar-refractivity contribution in [2.75, 3.05) is 11.9 Å². The molecule has 0 saturated carbocycles. The number of aliphatic hydroxyl groups is 1. The van der Waals surface area contributed by atoms with Crippen LogP contribution in [-0.2, 0) is 4.79 Å². The molecule has 0 heterocycles. The molecule has 0 radical (unpaired) electrons. The lowest BCUT2D eigenvalue weighted by Gasteiger charge is -2.12. The van der Waals surface area contributed by atoms with Crippen LogP contribution in [0, 0.1) is 6.92 Å². The Bertz CT molecular complexity index is 522. The monoisotopic (exact) mass is 320 g/mol. The van der Waals surface area contributed by atoms with Crippen LogP contribution in [0.25, 0.3) is 0 Å². The smallest absolute Gasteiger partial charge is 0.332 e. The van der Waals surface area contributed by atoms with Crippen molar-refractivity contribution in [1.29, 1.82) is 0 Å². The van der Waals surface area contributed by atoms with E-state index in [0.717, 1.165) is 5.56 Å². The highest BCUT2D eigenvalue weighted by Crippen LogP contribution is 2.32. The molecule has 1 atom stereocenters. The zero-order chi connectivity index (χ0) is 15.3. The molecular weight excluding hydrogens is 307 g/mol. The number of aryl methyl sites for hydroxylation is 1. The molecule has 1 aromatic rings. The maximum atomic E-state index is 11.6. The Kier molecular flexibility index (Phi) is 6.06. The number of carbonyl (C=O) groups is 2. The zero-order valence-corrected chi connectivity index (χ0v) is 12.1. The van der Waals surface area contributed by atoms with Gasteiger partial charge in [0.05, 0.1) is 15.7 Å². The Hall–Kier alpha value is -1.50. The largest absolute Gasteiger partial charge is 0.479 e. The average Bonchev–Trinajstić information content (AvgIpc) is 2.39. The Morgan fingerprint density at radius 2 is 2.00 bits per heavy atom. The van der Waals surface area contributed by atoms with Gasteiger partial charge in [-0.1, -0.05) is 29.3 Å². The Morgan fingerprint density at radius 3 is 2.60 bits per heavy atom. The van der Waals surface area contributed by atoms with Gasteiger partial charge in [0.15, 0.2) is 6.10 Å². The van der Waals surface area contributed by atoms with Gasteiger partial charge in [0, 0.05) is 13.0 Å². The van der Waals surface area contributed by atoms with Gasteiger partial charge in [-0.2, -0.15) is 0 Å². The first-order chi connectivity index (χ1) is 9.32. The summed E-state index contributed by atoms with van der Waals surface area (Å²) in [6, 6.07) is 2.74. The lowest BCUT2D eigenvalue weighted by Crippen LogP contribution is -2.33. The van der Waals surface area contributed by atoms with Crippen LogP contribution in [0.3, 0.4) is 0 Å². The van der Waals surface area contributed by atoms with Crippen LogP contribution in [0.4, 0.5) is 10.5 Å². The Labute approximate surface area is 125 Å². The molecule has 0 aromatic heterocycles. The molecule has 0 saturated heterocycles. The molecule has 0 aliphatic rings. The van der Waals surface area contributed by atoms with E-state index >= 15 is 0 Å². The fourth-order valence-corrected chi connectivity index (χ4v) is 1.84. The van der Waals surface area contributed by atoms with Crippen molar-refractivity contribution in [2.24, 2.45) is 0 Å². The summed E-state index contributed by atoms with van der Waals surface area (Å²) < 4.78 is 0. The predicted molar refractivity (Wildman–Crippen MR) is 76.5 cm³/mol. The van der Waals surface area contributed by atoms with Crippen LogP contribution < -0.4 is 10.6 Å². The number of benzene rings is 1. The van der Waals surface area contributed by atoms with E-state index in [1.54, 1.807) is 19.1 Å². The highest BCUT2D eigenvalue weighted by Gasteiger charge is 2.14. The second-order valence-corrected chi connectivity index (χ2v) is 4.86. The number of carboxylic acid groups (broad SMARTS) is 1. The van der Waals surface area contributed by atoms with Crippen molar-refractivity contribution in [2.45, 2.75) is 19.4 Å². The molecule has 8 heteroatoms. The molecule has 20 heavy (non-hydrogen) atoms. The number of amides is 2. The third kappa shape index (κ3) is 4.56. The summed E-state index contributed by atoms with van der Waals surface area (Å²) in [7, 11) is 0. The minimum absolute atomic E-state index is 0.000351. The lowest BCUT2D eigenvalue weighted by molar-refractivity contribution is -0.146. The molecule has 0 aliphatic carbocycles. The quantitative estimate of drug-likeness (QED) is 0.668. The predicted octanol–water partition coefficient (Wildman–Crippen LogP) is 2.26. The van der Waals surface area contributed by atoms with Crippen LogP contribution in [0.1, 0.15) is 12.0 Å². The topological polar surface area (TPSA) is 98.7 Å². The van der Waals surface area contributed by atoms with Gasteiger partial charge in [0.2, 0.25) is 0 Å². The van der Waals surface area contributed by atoms with Gasteiger partial charge in [-0.05, 0) is 18.6 Å². The van der Waals surface area contributed by atoms with E-state index in [0.29, 0.717) is 10.0 Å². The fourth-order valence-electron chi connectivity index (χ4n) is 1.37. The molecule has 0 spiro atoms. The number of aliphatic carboxylic acids is 1. The van der Waals surface area contributed by atoms with E-state index in [9.17, 15) is 9.59 Å². The first-order valence-electron chi connectivity index (χ1n) is 5.73. The van der Waals surface area contributed by atoms with Gasteiger partial charge in [0.1, 0.15) is 0 Å². The van der Waals surface area contributed by atoms with Gasteiger partial charge >= 0.3 is 12.0 Å². The summed E-state index contributed by atoms with van der Waals surface area (Å²) in [4.78, 5) is 22.0. The van der Waals surface area contributed by atoms with Gasteiger partial charge < -0.3 is 20.8 Å².